The Hall–Kier alpha value is -2.43. The lowest BCUT2D eigenvalue weighted by Crippen LogP contribution is -2.41. The van der Waals surface area contributed by atoms with Crippen molar-refractivity contribution in [3.05, 3.63) is 48.3 Å². The number of carbonyl (C=O) groups is 1. The van der Waals surface area contributed by atoms with Crippen LogP contribution in [0.15, 0.2) is 42.7 Å². The van der Waals surface area contributed by atoms with Crippen LogP contribution in [0.25, 0.3) is 5.70 Å². The summed E-state index contributed by atoms with van der Waals surface area (Å²) in [6.45, 7) is 3.83. The fraction of sp³-hybridized carbons (Fsp3) is 0.214. The molecule has 0 spiro atoms. The lowest BCUT2D eigenvalue weighted by molar-refractivity contribution is -0.121. The van der Waals surface area contributed by atoms with E-state index in [9.17, 15) is 4.79 Å². The normalized spacial score (nSPS) is 20.0. The van der Waals surface area contributed by atoms with E-state index in [1.165, 1.54) is 0 Å². The van der Waals surface area contributed by atoms with Crippen molar-refractivity contribution in [1.82, 2.24) is 10.6 Å². The van der Waals surface area contributed by atoms with Crippen LogP contribution in [-0.4, -0.2) is 11.9 Å². The van der Waals surface area contributed by atoms with Crippen molar-refractivity contribution < 1.29 is 4.79 Å². The van der Waals surface area contributed by atoms with Crippen LogP contribution in [0.3, 0.4) is 0 Å². The average molecular weight is 258 g/mol. The predicted molar refractivity (Wildman–Crippen MR) is 76.5 cm³/mol. The molecule has 0 bridgehead atoms. The molecular weight excluding hydrogens is 240 g/mol. The van der Waals surface area contributed by atoms with Gasteiger partial charge in [-0.2, -0.15) is 0 Å². The highest BCUT2D eigenvalue weighted by atomic mass is 16.1. The standard InChI is InChI=1S/C14H18N4O/c1-9-13(6-7-14(19)18-9)17-8-12(16)10-2-4-11(15)5-3-10/h2-5,8,13,17H,1,6-7,15-16H2,(H,18,19)/b12-8-. The zero-order valence-electron chi connectivity index (χ0n) is 10.6. The Morgan fingerprint density at radius 1 is 1.42 bits per heavy atom. The molecule has 1 atom stereocenters. The summed E-state index contributed by atoms with van der Waals surface area (Å²) in [6, 6.07) is 7.34. The Morgan fingerprint density at radius 3 is 2.74 bits per heavy atom. The van der Waals surface area contributed by atoms with Gasteiger partial charge in [0.1, 0.15) is 0 Å². The van der Waals surface area contributed by atoms with Crippen LogP contribution in [-0.2, 0) is 4.79 Å². The number of anilines is 1. The first-order valence-corrected chi connectivity index (χ1v) is 6.12. The SMILES string of the molecule is C=C1NC(=O)CCC1N/C=C(\N)c1ccc(N)cc1. The lowest BCUT2D eigenvalue weighted by atomic mass is 10.0. The van der Waals surface area contributed by atoms with E-state index in [0.29, 0.717) is 23.5 Å². The Labute approximate surface area is 112 Å². The molecule has 1 aromatic carbocycles. The van der Waals surface area contributed by atoms with Gasteiger partial charge in [-0.05, 0) is 24.1 Å². The topological polar surface area (TPSA) is 93.2 Å². The molecule has 100 valence electrons. The molecule has 1 aliphatic heterocycles. The summed E-state index contributed by atoms with van der Waals surface area (Å²) in [5.74, 6) is 0.0125. The minimum atomic E-state index is 0.0125. The molecule has 0 radical (unpaired) electrons. The number of carbonyl (C=O) groups excluding carboxylic acids is 1. The van der Waals surface area contributed by atoms with Gasteiger partial charge in [0.15, 0.2) is 0 Å². The second-order valence-electron chi connectivity index (χ2n) is 4.55. The molecule has 1 fully saturated rings. The van der Waals surface area contributed by atoms with Crippen molar-refractivity contribution >= 4 is 17.3 Å². The van der Waals surface area contributed by atoms with Crippen LogP contribution in [0.5, 0.6) is 0 Å². The van der Waals surface area contributed by atoms with Crippen LogP contribution < -0.4 is 22.1 Å². The number of nitrogen functional groups attached to an aromatic ring is 1. The first kappa shape index (κ1) is 13.0. The molecule has 1 heterocycles. The zero-order valence-corrected chi connectivity index (χ0v) is 10.6. The summed E-state index contributed by atoms with van der Waals surface area (Å²) in [7, 11) is 0. The van der Waals surface area contributed by atoms with E-state index in [4.69, 9.17) is 11.5 Å². The second kappa shape index (κ2) is 5.48. The van der Waals surface area contributed by atoms with Crippen molar-refractivity contribution in [3.63, 3.8) is 0 Å². The van der Waals surface area contributed by atoms with E-state index >= 15 is 0 Å². The van der Waals surface area contributed by atoms with Gasteiger partial charge in [0.25, 0.3) is 0 Å². The maximum atomic E-state index is 11.2. The predicted octanol–water partition coefficient (Wildman–Crippen LogP) is 0.908. The Kier molecular flexibility index (Phi) is 3.75. The van der Waals surface area contributed by atoms with Gasteiger partial charge in [0.05, 0.1) is 11.7 Å². The minimum Gasteiger partial charge on any atom is -0.399 e. The second-order valence-corrected chi connectivity index (χ2v) is 4.55. The largest absolute Gasteiger partial charge is 0.399 e. The van der Waals surface area contributed by atoms with Crippen molar-refractivity contribution in [2.75, 3.05) is 5.73 Å². The number of amides is 1. The number of benzene rings is 1. The fourth-order valence-corrected chi connectivity index (χ4v) is 1.91. The van der Waals surface area contributed by atoms with Crippen molar-refractivity contribution in [2.45, 2.75) is 18.9 Å². The van der Waals surface area contributed by atoms with Gasteiger partial charge >= 0.3 is 0 Å². The van der Waals surface area contributed by atoms with Gasteiger partial charge in [0, 0.05) is 24.0 Å². The molecular formula is C14H18N4O. The van der Waals surface area contributed by atoms with E-state index in [-0.39, 0.29) is 11.9 Å². The molecule has 19 heavy (non-hydrogen) atoms. The molecule has 5 heteroatoms. The molecule has 2 rings (SSSR count). The third-order valence-electron chi connectivity index (χ3n) is 3.06. The summed E-state index contributed by atoms with van der Waals surface area (Å²) in [6.07, 6.45) is 2.95. The van der Waals surface area contributed by atoms with Gasteiger partial charge in [-0.15, -0.1) is 0 Å². The van der Waals surface area contributed by atoms with E-state index in [2.05, 4.69) is 17.2 Å². The molecule has 1 amide bonds. The minimum absolute atomic E-state index is 0.0125. The van der Waals surface area contributed by atoms with Crippen LogP contribution >= 0.6 is 0 Å². The van der Waals surface area contributed by atoms with Gasteiger partial charge in [-0.3, -0.25) is 4.79 Å². The monoisotopic (exact) mass is 258 g/mol. The summed E-state index contributed by atoms with van der Waals surface area (Å²) in [4.78, 5) is 11.2. The summed E-state index contributed by atoms with van der Waals surface area (Å²) in [5.41, 5.74) is 14.5. The van der Waals surface area contributed by atoms with Gasteiger partial charge in [-0.25, -0.2) is 0 Å². The Bertz CT molecular complexity index is 519. The van der Waals surface area contributed by atoms with Gasteiger partial charge in [0.2, 0.25) is 5.91 Å². The maximum absolute atomic E-state index is 11.2. The quantitative estimate of drug-likeness (QED) is 0.606. The Morgan fingerprint density at radius 2 is 2.11 bits per heavy atom. The van der Waals surface area contributed by atoms with Crippen LogP contribution in [0.1, 0.15) is 18.4 Å². The van der Waals surface area contributed by atoms with Crippen LogP contribution in [0, 0.1) is 0 Å². The zero-order chi connectivity index (χ0) is 13.8. The Balaban J connectivity index is 2.00. The van der Waals surface area contributed by atoms with E-state index in [1.807, 2.05) is 12.1 Å². The molecule has 5 nitrogen and oxygen atoms in total. The maximum Gasteiger partial charge on any atom is 0.224 e. The highest BCUT2D eigenvalue weighted by Gasteiger charge is 2.20. The summed E-state index contributed by atoms with van der Waals surface area (Å²) < 4.78 is 0. The molecule has 0 aliphatic carbocycles. The number of nitrogens with one attached hydrogen (secondary N) is 2. The van der Waals surface area contributed by atoms with Crippen molar-refractivity contribution in [2.24, 2.45) is 5.73 Å². The number of nitrogens with two attached hydrogens (primary N) is 2. The smallest absolute Gasteiger partial charge is 0.224 e. The molecule has 1 unspecified atom stereocenters. The highest BCUT2D eigenvalue weighted by Crippen LogP contribution is 2.14. The summed E-state index contributed by atoms with van der Waals surface area (Å²) in [5, 5.41) is 5.89. The molecule has 6 N–H and O–H groups in total. The van der Waals surface area contributed by atoms with E-state index in [1.54, 1.807) is 18.3 Å². The first-order valence-electron chi connectivity index (χ1n) is 6.12. The number of piperidine rings is 1. The van der Waals surface area contributed by atoms with Crippen molar-refractivity contribution in [3.8, 4) is 0 Å². The lowest BCUT2D eigenvalue weighted by Gasteiger charge is -2.25. The molecule has 1 aromatic rings. The third kappa shape index (κ3) is 3.28. The average Bonchev–Trinajstić information content (AvgIpc) is 2.38. The van der Waals surface area contributed by atoms with Crippen LogP contribution in [0.4, 0.5) is 5.69 Å². The van der Waals surface area contributed by atoms with E-state index < -0.39 is 0 Å². The van der Waals surface area contributed by atoms with Gasteiger partial charge in [-0.1, -0.05) is 18.7 Å². The highest BCUT2D eigenvalue weighted by molar-refractivity contribution is 5.79. The van der Waals surface area contributed by atoms with Crippen LogP contribution in [0.2, 0.25) is 0 Å². The van der Waals surface area contributed by atoms with E-state index in [0.717, 1.165) is 12.0 Å². The number of rotatable bonds is 3. The molecule has 0 aromatic heterocycles. The first-order chi connectivity index (χ1) is 9.06. The fourth-order valence-electron chi connectivity index (χ4n) is 1.91. The van der Waals surface area contributed by atoms with Gasteiger partial charge < -0.3 is 22.1 Å². The third-order valence-corrected chi connectivity index (χ3v) is 3.06. The number of hydrogen-bond acceptors (Lipinski definition) is 4. The summed E-state index contributed by atoms with van der Waals surface area (Å²) >= 11 is 0. The molecule has 1 saturated heterocycles. The molecule has 0 saturated carbocycles. The molecule has 1 aliphatic rings. The van der Waals surface area contributed by atoms with Crippen molar-refractivity contribution in [1.29, 1.82) is 0 Å². The number of hydrogen-bond donors (Lipinski definition) is 4.